The summed E-state index contributed by atoms with van der Waals surface area (Å²) in [6.45, 7) is 8.63. The second kappa shape index (κ2) is 5.25. The van der Waals surface area contributed by atoms with E-state index in [2.05, 4.69) is 13.2 Å². The van der Waals surface area contributed by atoms with Crippen molar-refractivity contribution in [3.63, 3.8) is 0 Å². The van der Waals surface area contributed by atoms with Crippen molar-refractivity contribution in [1.29, 1.82) is 0 Å². The van der Waals surface area contributed by atoms with Crippen molar-refractivity contribution in [2.75, 3.05) is 26.3 Å². The van der Waals surface area contributed by atoms with E-state index in [-0.39, 0.29) is 4.91 Å². The van der Waals surface area contributed by atoms with Crippen molar-refractivity contribution in [2.45, 2.75) is 0 Å². The Morgan fingerprint density at radius 1 is 1.27 bits per heavy atom. The highest BCUT2D eigenvalue weighted by Gasteiger charge is 2.26. The minimum Gasteiger partial charge on any atom is -0.379 e. The second-order valence-electron chi connectivity index (χ2n) is 3.03. The summed E-state index contributed by atoms with van der Waals surface area (Å²) in [7, 11) is -3.41. The van der Waals surface area contributed by atoms with Gasteiger partial charge in [-0.2, -0.15) is 4.31 Å². The molecule has 1 fully saturated rings. The van der Waals surface area contributed by atoms with Gasteiger partial charge in [0.25, 0.3) is 0 Å². The molecule has 0 spiro atoms. The Kier molecular flexibility index (Phi) is 4.26. The van der Waals surface area contributed by atoms with E-state index in [9.17, 15) is 8.42 Å². The molecule has 0 N–H and O–H groups in total. The maximum absolute atomic E-state index is 12.0. The third kappa shape index (κ3) is 2.77. The number of hydrogen-bond acceptors (Lipinski definition) is 3. The van der Waals surface area contributed by atoms with Crippen LogP contribution in [0.1, 0.15) is 0 Å². The van der Waals surface area contributed by atoms with Crippen LogP contribution in [-0.4, -0.2) is 39.0 Å². The van der Waals surface area contributed by atoms with Crippen LogP contribution in [0.25, 0.3) is 0 Å². The standard InChI is InChI=1S/C10H15NO3S/c1-3-5-10(4-2)15(12,13)11-6-8-14-9-7-11/h3-5H,1-2,6-9H2. The zero-order valence-corrected chi connectivity index (χ0v) is 9.37. The van der Waals surface area contributed by atoms with E-state index < -0.39 is 10.0 Å². The molecule has 1 aliphatic heterocycles. The summed E-state index contributed by atoms with van der Waals surface area (Å²) in [4.78, 5) is 0.180. The summed E-state index contributed by atoms with van der Waals surface area (Å²) in [5.74, 6) is 0. The van der Waals surface area contributed by atoms with E-state index in [0.29, 0.717) is 26.3 Å². The van der Waals surface area contributed by atoms with E-state index in [0.717, 1.165) is 0 Å². The molecule has 0 aromatic carbocycles. The number of sulfonamides is 1. The first kappa shape index (κ1) is 12.2. The average molecular weight is 229 g/mol. The molecule has 0 bridgehead atoms. The molecule has 0 aliphatic carbocycles. The van der Waals surface area contributed by atoms with E-state index in [4.69, 9.17) is 4.74 Å². The molecule has 0 aromatic heterocycles. The number of nitrogens with zero attached hydrogens (tertiary/aromatic N) is 1. The molecule has 1 heterocycles. The van der Waals surface area contributed by atoms with Gasteiger partial charge in [-0.1, -0.05) is 19.2 Å². The van der Waals surface area contributed by atoms with Gasteiger partial charge in [-0.15, -0.1) is 0 Å². The van der Waals surface area contributed by atoms with E-state index >= 15 is 0 Å². The number of rotatable bonds is 4. The predicted octanol–water partition coefficient (Wildman–Crippen LogP) is 0.904. The Morgan fingerprint density at radius 2 is 1.87 bits per heavy atom. The molecule has 84 valence electrons. The fraction of sp³-hybridized carbons (Fsp3) is 0.400. The Labute approximate surface area is 90.6 Å². The van der Waals surface area contributed by atoms with Crippen molar-refractivity contribution < 1.29 is 13.2 Å². The quantitative estimate of drug-likeness (QED) is 0.673. The van der Waals surface area contributed by atoms with E-state index in [1.165, 1.54) is 22.5 Å². The Bertz CT molecular complexity index is 364. The third-order valence-electron chi connectivity index (χ3n) is 2.09. The van der Waals surface area contributed by atoms with Crippen LogP contribution in [0.2, 0.25) is 0 Å². The fourth-order valence-electron chi connectivity index (χ4n) is 1.31. The zero-order chi connectivity index (χ0) is 11.3. The van der Waals surface area contributed by atoms with Crippen LogP contribution in [0.3, 0.4) is 0 Å². The Hall–Kier alpha value is -0.910. The second-order valence-corrected chi connectivity index (χ2v) is 4.96. The van der Waals surface area contributed by atoms with Crippen molar-refractivity contribution in [3.05, 3.63) is 36.3 Å². The Morgan fingerprint density at radius 3 is 2.33 bits per heavy atom. The topological polar surface area (TPSA) is 46.6 Å². The molecule has 0 aromatic rings. The maximum atomic E-state index is 12.0. The van der Waals surface area contributed by atoms with Crippen LogP contribution in [0.4, 0.5) is 0 Å². The molecule has 0 atom stereocenters. The Balaban J connectivity index is 2.93. The molecular formula is C10H15NO3S. The molecule has 4 nitrogen and oxygen atoms in total. The molecule has 0 radical (unpaired) electrons. The van der Waals surface area contributed by atoms with Gasteiger partial charge in [-0.3, -0.25) is 0 Å². The normalized spacial score (nSPS) is 19.9. The highest BCUT2D eigenvalue weighted by atomic mass is 32.2. The van der Waals surface area contributed by atoms with Gasteiger partial charge in [0.2, 0.25) is 10.0 Å². The van der Waals surface area contributed by atoms with Gasteiger partial charge >= 0.3 is 0 Å². The first-order valence-corrected chi connectivity index (χ1v) is 6.10. The SMILES string of the molecule is C=CC=C(C=C)S(=O)(=O)N1CCOCC1. The fourth-order valence-corrected chi connectivity index (χ4v) is 2.72. The summed E-state index contributed by atoms with van der Waals surface area (Å²) in [6, 6.07) is 0. The van der Waals surface area contributed by atoms with Crippen LogP contribution >= 0.6 is 0 Å². The van der Waals surface area contributed by atoms with Gasteiger partial charge in [0.05, 0.1) is 18.1 Å². The van der Waals surface area contributed by atoms with Gasteiger partial charge in [-0.05, 0) is 12.2 Å². The minimum absolute atomic E-state index is 0.180. The summed E-state index contributed by atoms with van der Waals surface area (Å²) < 4.78 is 30.5. The van der Waals surface area contributed by atoms with Crippen molar-refractivity contribution in [1.82, 2.24) is 4.31 Å². The average Bonchev–Trinajstić information content (AvgIpc) is 2.27. The molecule has 5 heteroatoms. The van der Waals surface area contributed by atoms with Gasteiger partial charge in [-0.25, -0.2) is 8.42 Å². The van der Waals surface area contributed by atoms with Crippen molar-refractivity contribution in [2.24, 2.45) is 0 Å². The van der Waals surface area contributed by atoms with E-state index in [1.807, 2.05) is 0 Å². The van der Waals surface area contributed by atoms with Gasteiger partial charge < -0.3 is 4.74 Å². The number of morpholine rings is 1. The molecule has 1 aliphatic rings. The number of ether oxygens (including phenoxy) is 1. The summed E-state index contributed by atoms with van der Waals surface area (Å²) >= 11 is 0. The highest BCUT2D eigenvalue weighted by molar-refractivity contribution is 7.93. The molecule has 15 heavy (non-hydrogen) atoms. The summed E-state index contributed by atoms with van der Waals surface area (Å²) in [5, 5.41) is 0. The summed E-state index contributed by atoms with van der Waals surface area (Å²) in [5.41, 5.74) is 0. The smallest absolute Gasteiger partial charge is 0.243 e. The first-order chi connectivity index (χ1) is 7.12. The first-order valence-electron chi connectivity index (χ1n) is 4.66. The largest absolute Gasteiger partial charge is 0.379 e. The molecule has 0 unspecified atom stereocenters. The lowest BCUT2D eigenvalue weighted by Gasteiger charge is -2.26. The lowest BCUT2D eigenvalue weighted by atomic mass is 10.5. The van der Waals surface area contributed by atoms with Crippen molar-refractivity contribution >= 4 is 10.0 Å². The van der Waals surface area contributed by atoms with Crippen LogP contribution < -0.4 is 0 Å². The highest BCUT2D eigenvalue weighted by Crippen LogP contribution is 2.15. The lowest BCUT2D eigenvalue weighted by molar-refractivity contribution is 0.0734. The molecule has 1 saturated heterocycles. The third-order valence-corrected chi connectivity index (χ3v) is 4.03. The molecular weight excluding hydrogens is 214 g/mol. The van der Waals surface area contributed by atoms with Crippen LogP contribution in [-0.2, 0) is 14.8 Å². The van der Waals surface area contributed by atoms with Crippen LogP contribution in [0.15, 0.2) is 36.3 Å². The number of hydrogen-bond donors (Lipinski definition) is 0. The molecule has 1 rings (SSSR count). The van der Waals surface area contributed by atoms with Gasteiger partial charge in [0.15, 0.2) is 0 Å². The molecule has 0 amide bonds. The minimum atomic E-state index is -3.41. The van der Waals surface area contributed by atoms with Gasteiger partial charge in [0.1, 0.15) is 0 Å². The van der Waals surface area contributed by atoms with Crippen molar-refractivity contribution in [3.8, 4) is 0 Å². The van der Waals surface area contributed by atoms with Crippen LogP contribution in [0.5, 0.6) is 0 Å². The van der Waals surface area contributed by atoms with Crippen LogP contribution in [0, 0.1) is 0 Å². The lowest BCUT2D eigenvalue weighted by Crippen LogP contribution is -2.40. The van der Waals surface area contributed by atoms with E-state index in [1.54, 1.807) is 0 Å². The molecule has 0 saturated carbocycles. The van der Waals surface area contributed by atoms with Gasteiger partial charge in [0, 0.05) is 13.1 Å². The number of allylic oxidation sites excluding steroid dienone is 3. The maximum Gasteiger partial charge on any atom is 0.243 e. The zero-order valence-electron chi connectivity index (χ0n) is 8.55. The summed E-state index contributed by atoms with van der Waals surface area (Å²) in [6.07, 6.45) is 4.21. The predicted molar refractivity (Wildman–Crippen MR) is 59.8 cm³/mol. The monoisotopic (exact) mass is 229 g/mol.